The van der Waals surface area contributed by atoms with Crippen LogP contribution in [0.1, 0.15) is 30.7 Å². The van der Waals surface area contributed by atoms with E-state index in [0.717, 1.165) is 36.5 Å². The molecule has 2 aromatic rings. The standard InChI is InChI=1S/C16H21N3O2/c1-12-4-2-6-15-18-14(10-19(12)15)9-17-16(20)8-13-5-3-7-21-11-13/h2,4,6,10,13H,3,5,7-9,11H2,1H3,(H,17,20)/t13-/m1/s1. The predicted octanol–water partition coefficient (Wildman–Crippen LogP) is 2.08. The Morgan fingerprint density at radius 3 is 3.19 bits per heavy atom. The Morgan fingerprint density at radius 1 is 1.52 bits per heavy atom. The van der Waals surface area contributed by atoms with Crippen molar-refractivity contribution in [2.75, 3.05) is 13.2 Å². The van der Waals surface area contributed by atoms with Gasteiger partial charge in [-0.1, -0.05) is 6.07 Å². The van der Waals surface area contributed by atoms with Gasteiger partial charge in [0, 0.05) is 31.5 Å². The van der Waals surface area contributed by atoms with Gasteiger partial charge in [-0.3, -0.25) is 4.79 Å². The van der Waals surface area contributed by atoms with Crippen LogP contribution in [0.4, 0.5) is 0 Å². The summed E-state index contributed by atoms with van der Waals surface area (Å²) in [5, 5.41) is 2.96. The fourth-order valence-electron chi connectivity index (χ4n) is 2.78. The number of ether oxygens (including phenoxy) is 1. The molecule has 0 aliphatic carbocycles. The maximum Gasteiger partial charge on any atom is 0.220 e. The molecule has 1 aliphatic rings. The van der Waals surface area contributed by atoms with Crippen molar-refractivity contribution in [1.82, 2.24) is 14.7 Å². The predicted molar refractivity (Wildman–Crippen MR) is 79.9 cm³/mol. The zero-order chi connectivity index (χ0) is 14.7. The van der Waals surface area contributed by atoms with Crippen molar-refractivity contribution in [3.05, 3.63) is 35.8 Å². The Hall–Kier alpha value is -1.88. The minimum Gasteiger partial charge on any atom is -0.381 e. The monoisotopic (exact) mass is 287 g/mol. The van der Waals surface area contributed by atoms with Crippen LogP contribution in [-0.2, 0) is 16.1 Å². The van der Waals surface area contributed by atoms with Gasteiger partial charge in [0.1, 0.15) is 5.65 Å². The van der Waals surface area contributed by atoms with Crippen LogP contribution in [0.3, 0.4) is 0 Å². The van der Waals surface area contributed by atoms with Gasteiger partial charge in [0.15, 0.2) is 0 Å². The van der Waals surface area contributed by atoms with Gasteiger partial charge in [-0.05, 0) is 37.8 Å². The van der Waals surface area contributed by atoms with E-state index in [1.807, 2.05) is 35.7 Å². The number of aromatic nitrogens is 2. The Morgan fingerprint density at radius 2 is 2.43 bits per heavy atom. The molecule has 0 saturated carbocycles. The number of fused-ring (bicyclic) bond motifs is 1. The lowest BCUT2D eigenvalue weighted by Crippen LogP contribution is -2.28. The van der Waals surface area contributed by atoms with Crippen molar-refractivity contribution in [3.8, 4) is 0 Å². The summed E-state index contributed by atoms with van der Waals surface area (Å²) in [6.45, 7) is 4.06. The maximum atomic E-state index is 12.0. The van der Waals surface area contributed by atoms with E-state index in [2.05, 4.69) is 10.3 Å². The average Bonchev–Trinajstić information content (AvgIpc) is 2.91. The van der Waals surface area contributed by atoms with Gasteiger partial charge in [-0.2, -0.15) is 0 Å². The molecule has 0 unspecified atom stereocenters. The lowest BCUT2D eigenvalue weighted by atomic mass is 9.98. The number of hydrogen-bond donors (Lipinski definition) is 1. The van der Waals surface area contributed by atoms with E-state index in [1.165, 1.54) is 0 Å². The topological polar surface area (TPSA) is 55.6 Å². The number of aryl methyl sites for hydroxylation is 1. The minimum absolute atomic E-state index is 0.0827. The molecule has 3 heterocycles. The quantitative estimate of drug-likeness (QED) is 0.936. The molecule has 1 atom stereocenters. The number of hydrogen-bond acceptors (Lipinski definition) is 3. The number of rotatable bonds is 4. The van der Waals surface area contributed by atoms with E-state index in [4.69, 9.17) is 4.74 Å². The Kier molecular flexibility index (Phi) is 4.20. The Labute approximate surface area is 124 Å². The van der Waals surface area contributed by atoms with Crippen molar-refractivity contribution in [2.24, 2.45) is 5.92 Å². The lowest BCUT2D eigenvalue weighted by Gasteiger charge is -2.21. The summed E-state index contributed by atoms with van der Waals surface area (Å²) in [5.74, 6) is 0.446. The number of amides is 1. The molecule has 0 spiro atoms. The first-order valence-corrected chi connectivity index (χ1v) is 7.50. The number of carbonyl (C=O) groups excluding carboxylic acids is 1. The highest BCUT2D eigenvalue weighted by molar-refractivity contribution is 5.76. The summed E-state index contributed by atoms with van der Waals surface area (Å²) in [4.78, 5) is 16.5. The van der Waals surface area contributed by atoms with Crippen LogP contribution < -0.4 is 5.32 Å². The van der Waals surface area contributed by atoms with Gasteiger partial charge < -0.3 is 14.5 Å². The van der Waals surface area contributed by atoms with Crippen LogP contribution in [-0.4, -0.2) is 28.5 Å². The van der Waals surface area contributed by atoms with Gasteiger partial charge in [0.2, 0.25) is 5.91 Å². The highest BCUT2D eigenvalue weighted by Gasteiger charge is 2.17. The molecule has 2 aromatic heterocycles. The largest absolute Gasteiger partial charge is 0.381 e. The second-order valence-electron chi connectivity index (χ2n) is 5.69. The molecule has 0 bridgehead atoms. The zero-order valence-electron chi connectivity index (χ0n) is 12.3. The summed E-state index contributed by atoms with van der Waals surface area (Å²) in [6, 6.07) is 6.00. The highest BCUT2D eigenvalue weighted by Crippen LogP contribution is 2.17. The third kappa shape index (κ3) is 3.42. The van der Waals surface area contributed by atoms with Crippen molar-refractivity contribution in [3.63, 3.8) is 0 Å². The molecule has 5 nitrogen and oxygen atoms in total. The van der Waals surface area contributed by atoms with Crippen molar-refractivity contribution >= 4 is 11.6 Å². The molecule has 1 aliphatic heterocycles. The van der Waals surface area contributed by atoms with Gasteiger partial charge in [0.05, 0.1) is 12.2 Å². The third-order valence-electron chi connectivity index (χ3n) is 3.94. The smallest absolute Gasteiger partial charge is 0.220 e. The molecule has 21 heavy (non-hydrogen) atoms. The summed E-state index contributed by atoms with van der Waals surface area (Å²) in [6.07, 6.45) is 4.67. The van der Waals surface area contributed by atoms with Crippen molar-refractivity contribution < 1.29 is 9.53 Å². The first kappa shape index (κ1) is 14.1. The number of nitrogens with one attached hydrogen (secondary N) is 1. The summed E-state index contributed by atoms with van der Waals surface area (Å²) < 4.78 is 7.44. The Balaban J connectivity index is 1.55. The minimum atomic E-state index is 0.0827. The van der Waals surface area contributed by atoms with Gasteiger partial charge in [0.25, 0.3) is 0 Å². The number of imidazole rings is 1. The second kappa shape index (κ2) is 6.26. The van der Waals surface area contributed by atoms with E-state index in [1.54, 1.807) is 0 Å². The number of carbonyl (C=O) groups is 1. The normalized spacial score (nSPS) is 18.8. The third-order valence-corrected chi connectivity index (χ3v) is 3.94. The first-order chi connectivity index (χ1) is 10.2. The molecule has 0 aromatic carbocycles. The van der Waals surface area contributed by atoms with Gasteiger partial charge in [-0.25, -0.2) is 4.98 Å². The van der Waals surface area contributed by atoms with Crippen LogP contribution in [0.5, 0.6) is 0 Å². The van der Waals surface area contributed by atoms with Crippen molar-refractivity contribution in [2.45, 2.75) is 32.7 Å². The van der Waals surface area contributed by atoms with Crippen molar-refractivity contribution in [1.29, 1.82) is 0 Å². The molecule has 5 heteroatoms. The SMILES string of the molecule is Cc1cccc2nc(CNC(=O)C[C@H]3CCCOC3)cn12. The Bertz CT molecular complexity index is 629. The van der Waals surface area contributed by atoms with Crippen LogP contribution >= 0.6 is 0 Å². The lowest BCUT2D eigenvalue weighted by molar-refractivity contribution is -0.123. The van der Waals surface area contributed by atoms with Gasteiger partial charge >= 0.3 is 0 Å². The van der Waals surface area contributed by atoms with E-state index >= 15 is 0 Å². The zero-order valence-corrected chi connectivity index (χ0v) is 12.3. The van der Waals surface area contributed by atoms with E-state index < -0.39 is 0 Å². The highest BCUT2D eigenvalue weighted by atomic mass is 16.5. The maximum absolute atomic E-state index is 12.0. The fourth-order valence-corrected chi connectivity index (χ4v) is 2.78. The second-order valence-corrected chi connectivity index (χ2v) is 5.69. The summed E-state index contributed by atoms with van der Waals surface area (Å²) >= 11 is 0. The van der Waals surface area contributed by atoms with Crippen LogP contribution in [0, 0.1) is 12.8 Å². The molecule has 1 saturated heterocycles. The van der Waals surface area contributed by atoms with Crippen LogP contribution in [0.2, 0.25) is 0 Å². The van der Waals surface area contributed by atoms with E-state index in [9.17, 15) is 4.79 Å². The molecule has 0 radical (unpaired) electrons. The number of pyridine rings is 1. The average molecular weight is 287 g/mol. The molecule has 3 rings (SSSR count). The molecule has 1 fully saturated rings. The van der Waals surface area contributed by atoms with Gasteiger partial charge in [-0.15, -0.1) is 0 Å². The molecular weight excluding hydrogens is 266 g/mol. The summed E-state index contributed by atoms with van der Waals surface area (Å²) in [5.41, 5.74) is 2.94. The molecular formula is C16H21N3O2. The van der Waals surface area contributed by atoms with Crippen LogP contribution in [0.15, 0.2) is 24.4 Å². The summed E-state index contributed by atoms with van der Waals surface area (Å²) in [7, 11) is 0. The number of nitrogens with zero attached hydrogens (tertiary/aromatic N) is 2. The first-order valence-electron chi connectivity index (χ1n) is 7.50. The van der Waals surface area contributed by atoms with E-state index in [0.29, 0.717) is 25.5 Å². The molecule has 1 amide bonds. The fraction of sp³-hybridized carbons (Fsp3) is 0.500. The molecule has 112 valence electrons. The van der Waals surface area contributed by atoms with Crippen LogP contribution in [0.25, 0.3) is 5.65 Å². The molecule has 1 N–H and O–H groups in total. The van der Waals surface area contributed by atoms with E-state index in [-0.39, 0.29) is 5.91 Å².